The molecule has 0 amide bonds. The molecule has 150 valence electrons. The van der Waals surface area contributed by atoms with Crippen LogP contribution in [0.5, 0.6) is 0 Å². The number of Topliss-reactive ketones (excluding diaryl/α,β-unsaturated/α-hetero) is 1. The Morgan fingerprint density at radius 3 is 2.66 bits per heavy atom. The summed E-state index contributed by atoms with van der Waals surface area (Å²) < 4.78 is 1.81. The summed E-state index contributed by atoms with van der Waals surface area (Å²) >= 11 is 3.19. The van der Waals surface area contributed by atoms with Gasteiger partial charge in [0.25, 0.3) is 5.56 Å². The molecule has 1 unspecified atom stereocenters. The third kappa shape index (κ3) is 3.68. The van der Waals surface area contributed by atoms with Crippen molar-refractivity contribution < 1.29 is 4.79 Å². The minimum Gasteiger partial charge on any atom is -0.298 e. The number of hydrogen-bond donors (Lipinski definition) is 0. The van der Waals surface area contributed by atoms with E-state index in [0.717, 1.165) is 54.3 Å². The molecular weight excluding hydrogens is 400 g/mol. The molecular formula is C23H24N2O2S2. The fourth-order valence-corrected chi connectivity index (χ4v) is 6.93. The first-order valence-corrected chi connectivity index (χ1v) is 12.2. The first-order chi connectivity index (χ1) is 14.2. The molecule has 1 aromatic carbocycles. The third-order valence-electron chi connectivity index (χ3n) is 5.97. The number of nitrogens with zero attached hydrogens (tertiary/aromatic N) is 2. The number of carbonyl (C=O) groups excluding carboxylic acids is 1. The van der Waals surface area contributed by atoms with Gasteiger partial charge in [-0.3, -0.25) is 14.2 Å². The van der Waals surface area contributed by atoms with Gasteiger partial charge >= 0.3 is 0 Å². The maximum absolute atomic E-state index is 13.6. The van der Waals surface area contributed by atoms with Gasteiger partial charge < -0.3 is 0 Å². The molecule has 0 saturated heterocycles. The molecule has 0 radical (unpaired) electrons. The maximum atomic E-state index is 13.6. The van der Waals surface area contributed by atoms with Crippen LogP contribution in [0.15, 0.2) is 40.3 Å². The van der Waals surface area contributed by atoms with Gasteiger partial charge in [0.15, 0.2) is 5.16 Å². The average Bonchev–Trinajstić information content (AvgIpc) is 3.11. The average molecular weight is 425 g/mol. The van der Waals surface area contributed by atoms with E-state index in [4.69, 9.17) is 4.98 Å². The van der Waals surface area contributed by atoms with Gasteiger partial charge in [-0.05, 0) is 49.7 Å². The van der Waals surface area contributed by atoms with Crippen molar-refractivity contribution in [3.63, 3.8) is 0 Å². The third-order valence-corrected chi connectivity index (χ3v) is 8.46. The Bertz CT molecular complexity index is 1120. The molecule has 2 aromatic heterocycles. The van der Waals surface area contributed by atoms with E-state index in [2.05, 4.69) is 0 Å². The van der Waals surface area contributed by atoms with E-state index in [0.29, 0.717) is 23.9 Å². The molecule has 5 rings (SSSR count). The Morgan fingerprint density at radius 2 is 1.83 bits per heavy atom. The highest BCUT2D eigenvalue weighted by Crippen LogP contribution is 2.36. The summed E-state index contributed by atoms with van der Waals surface area (Å²) in [7, 11) is 0. The molecule has 29 heavy (non-hydrogen) atoms. The van der Waals surface area contributed by atoms with Crippen LogP contribution in [0.25, 0.3) is 10.2 Å². The van der Waals surface area contributed by atoms with E-state index in [9.17, 15) is 9.59 Å². The van der Waals surface area contributed by atoms with Gasteiger partial charge in [0, 0.05) is 11.3 Å². The second-order valence-electron chi connectivity index (χ2n) is 7.98. The fraction of sp³-hybridized carbons (Fsp3) is 0.435. The van der Waals surface area contributed by atoms with Gasteiger partial charge in [0.1, 0.15) is 10.6 Å². The van der Waals surface area contributed by atoms with Crippen molar-refractivity contribution >= 4 is 39.1 Å². The minimum atomic E-state index is -0.0790. The summed E-state index contributed by atoms with van der Waals surface area (Å²) in [5.41, 5.74) is 2.36. The van der Waals surface area contributed by atoms with Crippen molar-refractivity contribution in [2.75, 3.05) is 0 Å². The van der Waals surface area contributed by atoms with E-state index in [1.54, 1.807) is 11.3 Å². The molecule has 2 aliphatic rings. The SMILES string of the molecule is O=C1CCCCC1Sc1nc2sc3c(c2c(=O)n1Cc1ccccc1)CCCC3. The van der Waals surface area contributed by atoms with Gasteiger partial charge in [-0.15, -0.1) is 11.3 Å². The van der Waals surface area contributed by atoms with E-state index in [1.807, 2.05) is 34.9 Å². The summed E-state index contributed by atoms with van der Waals surface area (Å²) in [6, 6.07) is 10.1. The van der Waals surface area contributed by atoms with Gasteiger partial charge in [0.05, 0.1) is 17.2 Å². The van der Waals surface area contributed by atoms with E-state index >= 15 is 0 Å². The topological polar surface area (TPSA) is 52.0 Å². The number of carbonyl (C=O) groups is 1. The zero-order chi connectivity index (χ0) is 19.8. The number of thioether (sulfide) groups is 1. The molecule has 3 aromatic rings. The number of thiophene rings is 1. The van der Waals surface area contributed by atoms with Crippen molar-refractivity contribution in [2.24, 2.45) is 0 Å². The summed E-state index contributed by atoms with van der Waals surface area (Å²) in [5, 5.41) is 1.44. The van der Waals surface area contributed by atoms with E-state index in [-0.39, 0.29) is 10.8 Å². The van der Waals surface area contributed by atoms with Gasteiger partial charge in [-0.25, -0.2) is 4.98 Å². The maximum Gasteiger partial charge on any atom is 0.263 e. The summed E-state index contributed by atoms with van der Waals surface area (Å²) in [6.07, 6.45) is 7.95. The Labute approximate surface area is 178 Å². The van der Waals surface area contributed by atoms with Crippen LogP contribution in [-0.2, 0) is 24.2 Å². The number of rotatable bonds is 4. The van der Waals surface area contributed by atoms with Crippen LogP contribution in [0, 0.1) is 0 Å². The van der Waals surface area contributed by atoms with Crippen molar-refractivity contribution in [3.8, 4) is 0 Å². The van der Waals surface area contributed by atoms with Crippen molar-refractivity contribution in [1.29, 1.82) is 0 Å². The number of benzene rings is 1. The van der Waals surface area contributed by atoms with E-state index < -0.39 is 0 Å². The predicted molar refractivity (Wildman–Crippen MR) is 119 cm³/mol. The molecule has 2 heterocycles. The second-order valence-corrected chi connectivity index (χ2v) is 10.2. The zero-order valence-corrected chi connectivity index (χ0v) is 18.0. The first-order valence-electron chi connectivity index (χ1n) is 10.5. The van der Waals surface area contributed by atoms with Crippen molar-refractivity contribution in [1.82, 2.24) is 9.55 Å². The smallest absolute Gasteiger partial charge is 0.263 e. The lowest BCUT2D eigenvalue weighted by Gasteiger charge is -2.21. The van der Waals surface area contributed by atoms with E-state index in [1.165, 1.54) is 28.6 Å². The van der Waals surface area contributed by atoms with Crippen LogP contribution < -0.4 is 5.56 Å². The largest absolute Gasteiger partial charge is 0.298 e. The first kappa shape index (κ1) is 19.1. The second kappa shape index (κ2) is 8.07. The van der Waals surface area contributed by atoms with Crippen LogP contribution in [0.1, 0.15) is 54.5 Å². The highest BCUT2D eigenvalue weighted by Gasteiger charge is 2.27. The predicted octanol–water partition coefficient (Wildman–Crippen LogP) is 4.99. The van der Waals surface area contributed by atoms with Gasteiger partial charge in [-0.2, -0.15) is 0 Å². The van der Waals surface area contributed by atoms with Gasteiger partial charge in [0.2, 0.25) is 0 Å². The summed E-state index contributed by atoms with van der Waals surface area (Å²) in [5.74, 6) is 0.298. The van der Waals surface area contributed by atoms with Crippen LogP contribution in [-0.4, -0.2) is 20.6 Å². The molecule has 4 nitrogen and oxygen atoms in total. The lowest BCUT2D eigenvalue weighted by Crippen LogP contribution is -2.27. The van der Waals surface area contributed by atoms with Crippen LogP contribution >= 0.6 is 23.1 Å². The minimum absolute atomic E-state index is 0.0593. The standard InChI is InChI=1S/C23H24N2O2S2/c26-17-11-5-7-13-19(17)29-23-24-21-20(16-10-4-6-12-18(16)28-21)22(27)25(23)14-15-8-2-1-3-9-15/h1-3,8-9,19H,4-7,10-14H2. The molecule has 0 bridgehead atoms. The quantitative estimate of drug-likeness (QED) is 0.554. The van der Waals surface area contributed by atoms with Crippen molar-refractivity contribution in [3.05, 3.63) is 56.7 Å². The molecule has 1 atom stereocenters. The molecule has 6 heteroatoms. The molecule has 1 fully saturated rings. The Morgan fingerprint density at radius 1 is 1.03 bits per heavy atom. The Hall–Kier alpha value is -1.92. The molecule has 0 aliphatic heterocycles. The molecule has 0 N–H and O–H groups in total. The lowest BCUT2D eigenvalue weighted by molar-refractivity contribution is -0.119. The van der Waals surface area contributed by atoms with Crippen molar-refractivity contribution in [2.45, 2.75) is 68.3 Å². The number of hydrogen-bond acceptors (Lipinski definition) is 5. The monoisotopic (exact) mass is 424 g/mol. The normalized spacial score (nSPS) is 19.4. The van der Waals surface area contributed by atoms with Crippen LogP contribution in [0.3, 0.4) is 0 Å². The van der Waals surface area contributed by atoms with Crippen LogP contribution in [0.2, 0.25) is 0 Å². The highest BCUT2D eigenvalue weighted by atomic mass is 32.2. The molecule has 2 aliphatic carbocycles. The Balaban J connectivity index is 1.63. The zero-order valence-electron chi connectivity index (χ0n) is 16.4. The molecule has 0 spiro atoms. The Kier molecular flexibility index (Phi) is 5.31. The number of fused-ring (bicyclic) bond motifs is 3. The lowest BCUT2D eigenvalue weighted by atomic mass is 9.97. The fourth-order valence-electron chi connectivity index (χ4n) is 4.42. The summed E-state index contributed by atoms with van der Waals surface area (Å²) in [4.78, 5) is 33.2. The highest BCUT2D eigenvalue weighted by molar-refractivity contribution is 8.00. The van der Waals surface area contributed by atoms with Gasteiger partial charge in [-0.1, -0.05) is 48.5 Å². The molecule has 1 saturated carbocycles. The van der Waals surface area contributed by atoms with Crippen LogP contribution in [0.4, 0.5) is 0 Å². The summed E-state index contributed by atoms with van der Waals surface area (Å²) in [6.45, 7) is 0.497. The number of aryl methyl sites for hydroxylation is 2. The number of aromatic nitrogens is 2. The number of ketones is 1.